The van der Waals surface area contributed by atoms with Gasteiger partial charge in [0.15, 0.2) is 5.05 Å². The predicted octanol–water partition coefficient (Wildman–Crippen LogP) is 4.00. The minimum absolute atomic E-state index is 0.0587. The maximum atomic E-state index is 13.4. The molecule has 0 saturated carbocycles. The lowest BCUT2D eigenvalue weighted by molar-refractivity contribution is -0.139. The minimum Gasteiger partial charge on any atom is -0.480 e. The van der Waals surface area contributed by atoms with Gasteiger partial charge in [0, 0.05) is 18.2 Å². The van der Waals surface area contributed by atoms with Crippen LogP contribution in [-0.4, -0.2) is 42.9 Å². The van der Waals surface area contributed by atoms with Gasteiger partial charge in [-0.3, -0.25) is 14.3 Å². The van der Waals surface area contributed by atoms with Gasteiger partial charge in [0.05, 0.1) is 4.86 Å². The molecule has 1 aliphatic rings. The van der Waals surface area contributed by atoms with E-state index >= 15 is 0 Å². The average molecular weight is 565 g/mol. The van der Waals surface area contributed by atoms with Crippen molar-refractivity contribution in [1.82, 2.24) is 9.55 Å². The Kier molecular flexibility index (Phi) is 7.71. The molecule has 3 aromatic rings. The number of aryl methyl sites for hydroxylation is 2. The molecule has 2 N–H and O–H groups in total. The largest absolute Gasteiger partial charge is 0.480 e. The van der Waals surface area contributed by atoms with Gasteiger partial charge in [0.25, 0.3) is 5.56 Å². The van der Waals surface area contributed by atoms with Crippen molar-refractivity contribution in [2.24, 2.45) is 0 Å². The van der Waals surface area contributed by atoms with E-state index in [4.69, 9.17) is 33.9 Å². The Morgan fingerprint density at radius 1 is 1.08 bits per heavy atom. The molecule has 1 saturated heterocycles. The molecule has 0 unspecified atom stereocenters. The Hall–Kier alpha value is -3.19. The third-order valence-electron chi connectivity index (χ3n) is 6.28. The summed E-state index contributed by atoms with van der Waals surface area (Å²) in [4.78, 5) is 26.0. The number of H-pyrrole nitrogens is 1. The molecule has 2 heterocycles. The van der Waals surface area contributed by atoms with Crippen LogP contribution in [-0.2, 0) is 15.7 Å². The van der Waals surface area contributed by atoms with Crippen LogP contribution in [0, 0.1) is 13.8 Å². The van der Waals surface area contributed by atoms with Crippen molar-refractivity contribution in [2.45, 2.75) is 44.4 Å². The van der Waals surface area contributed by atoms with Gasteiger partial charge in [-0.05, 0) is 31.6 Å². The maximum absolute atomic E-state index is 13.4. The Balaban J connectivity index is 1.68. The van der Waals surface area contributed by atoms with Crippen LogP contribution in [0.2, 0.25) is 0 Å². The summed E-state index contributed by atoms with van der Waals surface area (Å²) < 4.78 is 52.3. The van der Waals surface area contributed by atoms with E-state index in [1.165, 1.54) is 0 Å². The highest BCUT2D eigenvalue weighted by atomic mass is 32.1. The van der Waals surface area contributed by atoms with Crippen LogP contribution in [0.1, 0.15) is 40.5 Å². The van der Waals surface area contributed by atoms with Crippen molar-refractivity contribution in [3.8, 4) is 0 Å². The predicted molar refractivity (Wildman–Crippen MR) is 142 cm³/mol. The number of nitrogens with zero attached hydrogens (tertiary/aromatic N) is 1. The summed E-state index contributed by atoms with van der Waals surface area (Å²) in [5, 5.41) is 11.9. The highest BCUT2D eigenvalue weighted by molar-refractivity contribution is 7.81. The van der Waals surface area contributed by atoms with E-state index in [2.05, 4.69) is 0 Å². The number of aliphatic hydroxyl groups is 1. The topological polar surface area (TPSA) is 93.5 Å². The first-order valence-electron chi connectivity index (χ1n) is 11.5. The molecule has 12 heteroatoms. The standard InChI is InChI=1S/C26H23F3N2O5S2/c1-14-3-7-16(8-4-14)21(37)25(34)11-20(31-12-18(26(27,28)29)22(32)30-24(31)33)36-19(25)13-35-23(38)17-9-5-15(2)6-10-17/h3-10,12,19-20,34H,11,13H2,1-2H3,(H,30,32,33)/t19-,20-,25+/m1/s1. The fourth-order valence-corrected chi connectivity index (χ4v) is 4.66. The molecule has 0 bridgehead atoms. The van der Waals surface area contributed by atoms with E-state index in [9.17, 15) is 27.9 Å². The SMILES string of the molecule is Cc1ccc(C(=S)OC[C@H]2O[C@@H](n3cc(C(F)(F)F)c(=O)[nH]c3=O)C[C@@]2(O)C(=S)c2ccc(C)cc2)cc1. The second-order valence-electron chi connectivity index (χ2n) is 9.07. The highest BCUT2D eigenvalue weighted by Gasteiger charge is 2.52. The third-order valence-corrected chi connectivity index (χ3v) is 7.23. The molecule has 0 spiro atoms. The smallest absolute Gasteiger partial charge is 0.423 e. The van der Waals surface area contributed by atoms with Crippen molar-refractivity contribution < 1.29 is 27.8 Å². The number of rotatable bonds is 6. The summed E-state index contributed by atoms with van der Waals surface area (Å²) in [6.45, 7) is 3.48. The Bertz CT molecular complexity index is 1480. The van der Waals surface area contributed by atoms with E-state index in [0.29, 0.717) is 21.9 Å². The molecule has 1 fully saturated rings. The molecular formula is C26H23F3N2O5S2. The number of hydrogen-bond donors (Lipinski definition) is 2. The molecule has 4 rings (SSSR count). The molecular weight excluding hydrogens is 541 g/mol. The molecule has 0 aliphatic carbocycles. The second-order valence-corrected chi connectivity index (χ2v) is 9.85. The fourth-order valence-electron chi connectivity index (χ4n) is 4.11. The van der Waals surface area contributed by atoms with Crippen LogP contribution < -0.4 is 11.2 Å². The number of ether oxygens (including phenoxy) is 2. The zero-order valence-corrected chi connectivity index (χ0v) is 21.9. The number of aromatic amines is 1. The van der Waals surface area contributed by atoms with Gasteiger partial charge in [0.1, 0.15) is 30.1 Å². The monoisotopic (exact) mass is 564 g/mol. The first-order chi connectivity index (χ1) is 17.8. The summed E-state index contributed by atoms with van der Waals surface area (Å²) in [6.07, 6.45) is -7.62. The summed E-state index contributed by atoms with van der Waals surface area (Å²) in [6, 6.07) is 14.2. The van der Waals surface area contributed by atoms with Crippen molar-refractivity contribution in [3.05, 3.63) is 103 Å². The van der Waals surface area contributed by atoms with Crippen molar-refractivity contribution in [2.75, 3.05) is 6.61 Å². The van der Waals surface area contributed by atoms with Crippen LogP contribution in [0.15, 0.2) is 64.3 Å². The van der Waals surface area contributed by atoms with Gasteiger partial charge in [0.2, 0.25) is 0 Å². The first-order valence-corrected chi connectivity index (χ1v) is 12.3. The minimum atomic E-state index is -5.02. The van der Waals surface area contributed by atoms with Crippen LogP contribution in [0.3, 0.4) is 0 Å². The van der Waals surface area contributed by atoms with Gasteiger partial charge in [-0.1, -0.05) is 71.9 Å². The van der Waals surface area contributed by atoms with Crippen LogP contribution in [0.5, 0.6) is 0 Å². The van der Waals surface area contributed by atoms with Crippen molar-refractivity contribution in [1.29, 1.82) is 0 Å². The van der Waals surface area contributed by atoms with E-state index in [1.54, 1.807) is 41.4 Å². The van der Waals surface area contributed by atoms with Crippen LogP contribution >= 0.6 is 24.4 Å². The second kappa shape index (κ2) is 10.5. The van der Waals surface area contributed by atoms with Gasteiger partial charge >= 0.3 is 11.9 Å². The van der Waals surface area contributed by atoms with Gasteiger partial charge < -0.3 is 14.6 Å². The van der Waals surface area contributed by atoms with E-state index in [-0.39, 0.29) is 22.9 Å². The molecule has 7 nitrogen and oxygen atoms in total. The number of halogens is 3. The highest BCUT2D eigenvalue weighted by Crippen LogP contribution is 2.40. The number of hydrogen-bond acceptors (Lipinski definition) is 7. The van der Waals surface area contributed by atoms with E-state index < -0.39 is 40.9 Å². The Labute approximate surface area is 225 Å². The molecule has 200 valence electrons. The number of alkyl halides is 3. The van der Waals surface area contributed by atoms with Crippen molar-refractivity contribution >= 4 is 34.4 Å². The average Bonchev–Trinajstić information content (AvgIpc) is 3.19. The Morgan fingerprint density at radius 3 is 2.18 bits per heavy atom. The molecule has 0 radical (unpaired) electrons. The van der Waals surface area contributed by atoms with Crippen molar-refractivity contribution in [3.63, 3.8) is 0 Å². The number of thiocarbonyl (C=S) groups is 2. The molecule has 38 heavy (non-hydrogen) atoms. The summed E-state index contributed by atoms with van der Waals surface area (Å²) >= 11 is 11.0. The zero-order valence-electron chi connectivity index (χ0n) is 20.2. The summed E-state index contributed by atoms with van der Waals surface area (Å²) in [5.74, 6) is 0. The lowest BCUT2D eigenvalue weighted by Gasteiger charge is -2.29. The lowest BCUT2D eigenvalue weighted by atomic mass is 9.87. The summed E-state index contributed by atoms with van der Waals surface area (Å²) in [7, 11) is 0. The maximum Gasteiger partial charge on any atom is 0.423 e. The van der Waals surface area contributed by atoms with Gasteiger partial charge in [-0.15, -0.1) is 0 Å². The van der Waals surface area contributed by atoms with Gasteiger partial charge in [-0.2, -0.15) is 13.2 Å². The molecule has 3 atom stereocenters. The molecule has 1 aliphatic heterocycles. The molecule has 2 aromatic carbocycles. The lowest BCUT2D eigenvalue weighted by Crippen LogP contribution is -2.48. The fraction of sp³-hybridized carbons (Fsp3) is 0.308. The summed E-state index contributed by atoms with van der Waals surface area (Å²) in [5.41, 5.74) is -3.14. The third kappa shape index (κ3) is 5.63. The van der Waals surface area contributed by atoms with Crippen LogP contribution in [0.4, 0.5) is 13.2 Å². The molecule has 0 amide bonds. The number of aromatic nitrogens is 2. The van der Waals surface area contributed by atoms with Gasteiger partial charge in [-0.25, -0.2) is 4.79 Å². The zero-order chi connectivity index (χ0) is 27.8. The quantitative estimate of drug-likeness (QED) is 0.345. The molecule has 1 aromatic heterocycles. The normalized spacial score (nSPS) is 21.3. The van der Waals surface area contributed by atoms with E-state index in [0.717, 1.165) is 11.1 Å². The van der Waals surface area contributed by atoms with Crippen LogP contribution in [0.25, 0.3) is 0 Å². The first kappa shape index (κ1) is 27.8. The number of nitrogens with one attached hydrogen (secondary N) is 1. The van der Waals surface area contributed by atoms with E-state index in [1.807, 2.05) is 26.0 Å². The number of benzene rings is 2. The Morgan fingerprint density at radius 2 is 1.63 bits per heavy atom.